The molecule has 0 aromatic heterocycles. The van der Waals surface area contributed by atoms with Crippen molar-refractivity contribution < 1.29 is 8.78 Å². The van der Waals surface area contributed by atoms with Crippen LogP contribution in [0.25, 0.3) is 0 Å². The Bertz CT molecular complexity index is 683. The molecule has 1 aromatic rings. The summed E-state index contributed by atoms with van der Waals surface area (Å²) in [6.07, 6.45) is 7.88. The zero-order valence-electron chi connectivity index (χ0n) is 15.5. The minimum atomic E-state index is -0.524. The van der Waals surface area contributed by atoms with Crippen LogP contribution in [-0.4, -0.2) is 49.0 Å². The number of nitrogens with one attached hydrogen (secondary N) is 1. The molecule has 1 heterocycles. The summed E-state index contributed by atoms with van der Waals surface area (Å²) >= 11 is 4.61. The minimum Gasteiger partial charge on any atom is -0.375 e. The molecule has 0 unspecified atom stereocenters. The van der Waals surface area contributed by atoms with Gasteiger partial charge >= 0.3 is 0 Å². The van der Waals surface area contributed by atoms with Gasteiger partial charge in [-0.3, -0.25) is 10.3 Å². The van der Waals surface area contributed by atoms with Crippen molar-refractivity contribution in [2.45, 2.75) is 32.1 Å². The second kappa shape index (κ2) is 9.41. The molecule has 3 N–H and O–H groups in total. The highest BCUT2D eigenvalue weighted by atomic mass is 32.1. The predicted octanol–water partition coefficient (Wildman–Crippen LogP) is 2.83. The molecule has 1 aromatic carbocycles. The number of hydrogen-bond donors (Lipinski definition) is 2. The van der Waals surface area contributed by atoms with Crippen LogP contribution in [0.5, 0.6) is 0 Å². The number of anilines is 1. The van der Waals surface area contributed by atoms with Crippen LogP contribution in [0.3, 0.4) is 0 Å². The Balaban J connectivity index is 1.58. The third kappa shape index (κ3) is 5.59. The molecule has 8 heteroatoms. The van der Waals surface area contributed by atoms with Crippen LogP contribution in [0.1, 0.15) is 37.7 Å². The molecule has 3 rings (SSSR count). The first kappa shape index (κ1) is 19.9. The Hall–Kier alpha value is -1.80. The SMILES string of the molecule is NC(=S)NN=Cc1cc(F)c(N2CCN(CC3CCCCC3)CC2)cc1F. The largest absolute Gasteiger partial charge is 0.375 e. The Morgan fingerprint density at radius 3 is 2.52 bits per heavy atom. The van der Waals surface area contributed by atoms with E-state index in [1.54, 1.807) is 0 Å². The number of rotatable bonds is 5. The average Bonchev–Trinajstić information content (AvgIpc) is 2.65. The maximum Gasteiger partial charge on any atom is 0.184 e. The van der Waals surface area contributed by atoms with E-state index in [2.05, 4.69) is 27.6 Å². The van der Waals surface area contributed by atoms with Crippen molar-refractivity contribution in [2.24, 2.45) is 16.8 Å². The number of piperazine rings is 1. The van der Waals surface area contributed by atoms with E-state index in [0.29, 0.717) is 18.8 Å². The molecule has 0 amide bonds. The number of benzene rings is 1. The van der Waals surface area contributed by atoms with Gasteiger partial charge in [0, 0.05) is 44.4 Å². The van der Waals surface area contributed by atoms with Crippen LogP contribution < -0.4 is 16.1 Å². The lowest BCUT2D eigenvalue weighted by Gasteiger charge is -2.38. The van der Waals surface area contributed by atoms with Crippen LogP contribution in [0.4, 0.5) is 14.5 Å². The first-order valence-electron chi connectivity index (χ1n) is 9.58. The molecule has 27 heavy (non-hydrogen) atoms. The second-order valence-electron chi connectivity index (χ2n) is 7.35. The van der Waals surface area contributed by atoms with Crippen LogP contribution in [0.15, 0.2) is 17.2 Å². The van der Waals surface area contributed by atoms with Crippen molar-refractivity contribution in [3.63, 3.8) is 0 Å². The van der Waals surface area contributed by atoms with Gasteiger partial charge in [0.1, 0.15) is 11.6 Å². The quantitative estimate of drug-likeness (QED) is 0.456. The first-order chi connectivity index (χ1) is 13.0. The molecule has 0 bridgehead atoms. The van der Waals surface area contributed by atoms with Gasteiger partial charge in [-0.25, -0.2) is 8.78 Å². The normalized spacial score (nSPS) is 19.6. The van der Waals surface area contributed by atoms with Gasteiger partial charge in [0.2, 0.25) is 0 Å². The molecule has 1 saturated carbocycles. The molecule has 1 aliphatic carbocycles. The molecule has 0 spiro atoms. The molecule has 0 atom stereocenters. The summed E-state index contributed by atoms with van der Waals surface area (Å²) in [6.45, 7) is 4.33. The Kier molecular flexibility index (Phi) is 6.95. The topological polar surface area (TPSA) is 56.9 Å². The summed E-state index contributed by atoms with van der Waals surface area (Å²) in [7, 11) is 0. The summed E-state index contributed by atoms with van der Waals surface area (Å²) in [5.41, 5.74) is 7.94. The van der Waals surface area contributed by atoms with E-state index in [1.807, 2.05) is 4.90 Å². The third-order valence-corrected chi connectivity index (χ3v) is 5.49. The molecular weight excluding hydrogens is 368 g/mol. The highest BCUT2D eigenvalue weighted by Gasteiger charge is 2.23. The zero-order valence-corrected chi connectivity index (χ0v) is 16.3. The number of nitrogens with two attached hydrogens (primary N) is 1. The van der Waals surface area contributed by atoms with Gasteiger partial charge in [0.15, 0.2) is 5.11 Å². The molecule has 1 aliphatic heterocycles. The Labute approximate surface area is 164 Å². The highest BCUT2D eigenvalue weighted by Crippen LogP contribution is 2.27. The second-order valence-corrected chi connectivity index (χ2v) is 7.79. The molecule has 1 saturated heterocycles. The van der Waals surface area contributed by atoms with Crippen LogP contribution in [0.2, 0.25) is 0 Å². The highest BCUT2D eigenvalue weighted by molar-refractivity contribution is 7.80. The fraction of sp³-hybridized carbons (Fsp3) is 0.579. The standard InChI is InChI=1S/C19H27F2N5S/c20-16-11-18(17(21)10-15(16)12-23-24-19(22)27)26-8-6-25(7-9-26)13-14-4-2-1-3-5-14/h10-12,14H,1-9,13H2,(H3,22,24,27). The van der Waals surface area contributed by atoms with Gasteiger partial charge in [-0.05, 0) is 37.0 Å². The maximum atomic E-state index is 14.5. The van der Waals surface area contributed by atoms with E-state index in [1.165, 1.54) is 44.4 Å². The summed E-state index contributed by atoms with van der Waals surface area (Å²) < 4.78 is 28.8. The summed E-state index contributed by atoms with van der Waals surface area (Å²) in [5, 5.41) is 3.65. The summed E-state index contributed by atoms with van der Waals surface area (Å²) in [4.78, 5) is 4.38. The number of hydrogen-bond acceptors (Lipinski definition) is 4. The lowest BCUT2D eigenvalue weighted by atomic mass is 9.89. The molecule has 2 fully saturated rings. The number of halogens is 2. The zero-order chi connectivity index (χ0) is 19.2. The Morgan fingerprint density at radius 1 is 1.15 bits per heavy atom. The molecule has 148 valence electrons. The molecular formula is C19H27F2N5S. The predicted molar refractivity (Wildman–Crippen MR) is 109 cm³/mol. The fourth-order valence-corrected chi connectivity index (χ4v) is 4.02. The fourth-order valence-electron chi connectivity index (χ4n) is 3.96. The van der Waals surface area contributed by atoms with E-state index >= 15 is 0 Å². The van der Waals surface area contributed by atoms with Crippen molar-refractivity contribution in [3.05, 3.63) is 29.3 Å². The van der Waals surface area contributed by atoms with Gasteiger partial charge in [-0.2, -0.15) is 5.10 Å². The smallest absolute Gasteiger partial charge is 0.184 e. The number of hydrazone groups is 1. The van der Waals surface area contributed by atoms with Crippen LogP contribution in [-0.2, 0) is 0 Å². The summed E-state index contributed by atoms with van der Waals surface area (Å²) in [5.74, 6) is -0.175. The lowest BCUT2D eigenvalue weighted by Crippen LogP contribution is -2.48. The van der Waals surface area contributed by atoms with Crippen molar-refractivity contribution >= 4 is 29.2 Å². The maximum absolute atomic E-state index is 14.5. The minimum absolute atomic E-state index is 0.0325. The summed E-state index contributed by atoms with van der Waals surface area (Å²) in [6, 6.07) is 2.40. The lowest BCUT2D eigenvalue weighted by molar-refractivity contribution is 0.191. The monoisotopic (exact) mass is 395 g/mol. The van der Waals surface area contributed by atoms with Gasteiger partial charge < -0.3 is 10.6 Å². The molecule has 0 radical (unpaired) electrons. The molecule has 2 aliphatic rings. The van der Waals surface area contributed by atoms with Crippen molar-refractivity contribution in [3.8, 4) is 0 Å². The number of nitrogens with zero attached hydrogens (tertiary/aromatic N) is 3. The van der Waals surface area contributed by atoms with Crippen molar-refractivity contribution in [2.75, 3.05) is 37.6 Å². The van der Waals surface area contributed by atoms with Crippen LogP contribution >= 0.6 is 12.2 Å². The van der Waals surface area contributed by atoms with Crippen molar-refractivity contribution in [1.29, 1.82) is 0 Å². The number of thiocarbonyl (C=S) groups is 1. The van der Waals surface area contributed by atoms with E-state index < -0.39 is 11.6 Å². The van der Waals surface area contributed by atoms with E-state index in [-0.39, 0.29) is 10.7 Å². The third-order valence-electron chi connectivity index (χ3n) is 5.40. The van der Waals surface area contributed by atoms with E-state index in [0.717, 1.165) is 31.6 Å². The van der Waals surface area contributed by atoms with Crippen molar-refractivity contribution in [1.82, 2.24) is 10.3 Å². The Morgan fingerprint density at radius 2 is 1.85 bits per heavy atom. The van der Waals surface area contributed by atoms with Gasteiger partial charge in [-0.1, -0.05) is 19.3 Å². The van der Waals surface area contributed by atoms with Gasteiger partial charge in [-0.15, -0.1) is 0 Å². The van der Waals surface area contributed by atoms with E-state index in [4.69, 9.17) is 5.73 Å². The average molecular weight is 396 g/mol. The van der Waals surface area contributed by atoms with E-state index in [9.17, 15) is 8.78 Å². The van der Waals surface area contributed by atoms with Gasteiger partial charge in [0.05, 0.1) is 11.9 Å². The first-order valence-corrected chi connectivity index (χ1v) is 9.98. The molecule has 5 nitrogen and oxygen atoms in total. The van der Waals surface area contributed by atoms with Crippen LogP contribution in [0, 0.1) is 17.6 Å². The van der Waals surface area contributed by atoms with Gasteiger partial charge in [0.25, 0.3) is 0 Å².